The molecule has 2 aliphatic rings. The van der Waals surface area contributed by atoms with Gasteiger partial charge in [0.2, 0.25) is 11.8 Å². The maximum atomic E-state index is 13.0. The van der Waals surface area contributed by atoms with Gasteiger partial charge in [0, 0.05) is 18.9 Å². The number of phenolic OH excluding ortho intramolecular Hbond substituents is 1. The molecule has 2 fully saturated rings. The van der Waals surface area contributed by atoms with Crippen molar-refractivity contribution >= 4 is 17.6 Å². The van der Waals surface area contributed by atoms with Crippen LogP contribution in [0.5, 0.6) is 5.75 Å². The number of fused-ring (bicyclic) bond motifs is 1. The third-order valence-corrected chi connectivity index (χ3v) is 5.79. The number of nitrogens with zero attached hydrogens (tertiary/aromatic N) is 3. The number of ketones is 1. The van der Waals surface area contributed by atoms with Crippen LogP contribution in [-0.2, 0) is 27.2 Å². The molecule has 3 N–H and O–H groups in total. The highest BCUT2D eigenvalue weighted by Gasteiger charge is 2.51. The number of hydrogen-bond acceptors (Lipinski definition) is 6. The zero-order valence-electron chi connectivity index (χ0n) is 16.5. The lowest BCUT2D eigenvalue weighted by atomic mass is 10.0. The number of pyridine rings is 1. The van der Waals surface area contributed by atoms with Gasteiger partial charge in [-0.15, -0.1) is 0 Å². The number of carbonyl (C=O) groups is 3. The van der Waals surface area contributed by atoms with Crippen LogP contribution >= 0.6 is 0 Å². The smallest absolute Gasteiger partial charge is 0.240 e. The minimum atomic E-state index is -0.821. The fourth-order valence-corrected chi connectivity index (χ4v) is 4.41. The van der Waals surface area contributed by atoms with Gasteiger partial charge in [-0.1, -0.05) is 18.2 Å². The van der Waals surface area contributed by atoms with Crippen LogP contribution in [0.25, 0.3) is 0 Å². The molecule has 8 nitrogen and oxygen atoms in total. The van der Waals surface area contributed by atoms with Crippen LogP contribution in [0.2, 0.25) is 0 Å². The van der Waals surface area contributed by atoms with E-state index < -0.39 is 12.1 Å². The Labute approximate surface area is 174 Å². The van der Waals surface area contributed by atoms with Crippen molar-refractivity contribution in [3.8, 4) is 5.75 Å². The minimum Gasteiger partial charge on any atom is -0.508 e. The Morgan fingerprint density at radius 3 is 2.73 bits per heavy atom. The maximum absolute atomic E-state index is 13.0. The molecule has 3 heterocycles. The van der Waals surface area contributed by atoms with Crippen molar-refractivity contribution < 1.29 is 19.5 Å². The summed E-state index contributed by atoms with van der Waals surface area (Å²) in [6, 6.07) is 8.44. The Bertz CT molecular complexity index is 965. The zero-order chi connectivity index (χ0) is 21.3. The average Bonchev–Trinajstić information content (AvgIpc) is 3.29. The van der Waals surface area contributed by atoms with Gasteiger partial charge in [0.25, 0.3) is 0 Å². The lowest BCUT2D eigenvalue weighted by molar-refractivity contribution is -0.137. The number of Topliss-reactive ketones (excluding diaryl/α,β-unsaturated/α-hetero) is 1. The molecule has 3 atom stereocenters. The van der Waals surface area contributed by atoms with Gasteiger partial charge in [-0.05, 0) is 42.2 Å². The monoisotopic (exact) mass is 408 g/mol. The first-order chi connectivity index (χ1) is 14.4. The van der Waals surface area contributed by atoms with Gasteiger partial charge < -0.3 is 20.6 Å². The van der Waals surface area contributed by atoms with Crippen molar-refractivity contribution in [3.63, 3.8) is 0 Å². The second-order valence-corrected chi connectivity index (χ2v) is 7.84. The SMILES string of the molecule is NC(Cc1cccc(O)c1)C(=O)N1CCC2C1C(=O)CN2C(=O)Cc1cccnc1. The molecule has 4 rings (SSSR count). The van der Waals surface area contributed by atoms with Gasteiger partial charge in [0.15, 0.2) is 5.78 Å². The topological polar surface area (TPSA) is 117 Å². The number of aromatic nitrogens is 1. The summed E-state index contributed by atoms with van der Waals surface area (Å²) in [7, 11) is 0. The van der Waals surface area contributed by atoms with E-state index in [-0.39, 0.29) is 48.8 Å². The van der Waals surface area contributed by atoms with E-state index in [1.165, 1.54) is 4.90 Å². The standard InChI is InChI=1S/C22H24N4O4/c23-17(10-14-3-1-5-16(27)9-14)22(30)25-8-6-18-21(25)19(28)13-26(18)20(29)11-15-4-2-7-24-12-15/h1-5,7,9,12,17-18,21,27H,6,8,10-11,13,23H2. The molecule has 2 saturated heterocycles. The highest BCUT2D eigenvalue weighted by atomic mass is 16.3. The number of hydrogen-bond donors (Lipinski definition) is 2. The van der Waals surface area contributed by atoms with Crippen molar-refractivity contribution in [1.82, 2.24) is 14.8 Å². The Morgan fingerprint density at radius 2 is 2.00 bits per heavy atom. The van der Waals surface area contributed by atoms with Gasteiger partial charge in [-0.3, -0.25) is 19.4 Å². The largest absolute Gasteiger partial charge is 0.508 e. The molecule has 0 aliphatic carbocycles. The summed E-state index contributed by atoms with van der Waals surface area (Å²) in [6.07, 6.45) is 4.27. The first-order valence-corrected chi connectivity index (χ1v) is 9.99. The predicted octanol–water partition coefficient (Wildman–Crippen LogP) is 0.281. The summed E-state index contributed by atoms with van der Waals surface area (Å²) >= 11 is 0. The Hall–Kier alpha value is -3.26. The summed E-state index contributed by atoms with van der Waals surface area (Å²) in [5.74, 6) is -0.458. The average molecular weight is 408 g/mol. The van der Waals surface area contributed by atoms with Crippen molar-refractivity contribution in [2.24, 2.45) is 5.73 Å². The van der Waals surface area contributed by atoms with E-state index >= 15 is 0 Å². The van der Waals surface area contributed by atoms with Crippen LogP contribution in [0.3, 0.4) is 0 Å². The lowest BCUT2D eigenvalue weighted by Crippen LogP contribution is -2.50. The van der Waals surface area contributed by atoms with Gasteiger partial charge in [0.05, 0.1) is 25.0 Å². The Kier molecular flexibility index (Phi) is 5.50. The van der Waals surface area contributed by atoms with Crippen molar-refractivity contribution in [3.05, 3.63) is 59.9 Å². The molecule has 0 saturated carbocycles. The molecule has 2 aliphatic heterocycles. The van der Waals surface area contributed by atoms with E-state index in [1.807, 2.05) is 6.07 Å². The van der Waals surface area contributed by atoms with Gasteiger partial charge >= 0.3 is 0 Å². The van der Waals surface area contributed by atoms with Gasteiger partial charge in [-0.2, -0.15) is 0 Å². The molecule has 156 valence electrons. The van der Waals surface area contributed by atoms with Gasteiger partial charge in [0.1, 0.15) is 11.8 Å². The maximum Gasteiger partial charge on any atom is 0.240 e. The first-order valence-electron chi connectivity index (χ1n) is 9.99. The molecule has 30 heavy (non-hydrogen) atoms. The molecule has 3 unspecified atom stereocenters. The summed E-state index contributed by atoms with van der Waals surface area (Å²) in [5.41, 5.74) is 7.67. The number of aromatic hydroxyl groups is 1. The van der Waals surface area contributed by atoms with Crippen molar-refractivity contribution in [1.29, 1.82) is 0 Å². The third kappa shape index (κ3) is 3.91. The van der Waals surface area contributed by atoms with E-state index in [1.54, 1.807) is 47.6 Å². The summed E-state index contributed by atoms with van der Waals surface area (Å²) in [6.45, 7) is 0.407. The molecule has 1 aromatic carbocycles. The fraction of sp³-hybridized carbons (Fsp3) is 0.364. The first kappa shape index (κ1) is 20.0. The molecule has 0 spiro atoms. The van der Waals surface area contributed by atoms with Crippen molar-refractivity contribution in [2.75, 3.05) is 13.1 Å². The minimum absolute atomic E-state index is 0.0139. The molecule has 2 aromatic rings. The van der Waals surface area contributed by atoms with E-state index in [9.17, 15) is 19.5 Å². The number of likely N-dealkylation sites (tertiary alicyclic amines) is 2. The highest BCUT2D eigenvalue weighted by Crippen LogP contribution is 2.31. The van der Waals surface area contributed by atoms with E-state index in [4.69, 9.17) is 5.73 Å². The number of benzene rings is 1. The molecule has 0 bridgehead atoms. The van der Waals surface area contributed by atoms with Crippen LogP contribution in [0.4, 0.5) is 0 Å². The zero-order valence-corrected chi connectivity index (χ0v) is 16.5. The molecular formula is C22H24N4O4. The predicted molar refractivity (Wildman–Crippen MR) is 108 cm³/mol. The number of rotatable bonds is 5. The summed E-state index contributed by atoms with van der Waals surface area (Å²) in [5, 5.41) is 9.60. The molecule has 2 amide bonds. The molecule has 8 heteroatoms. The second-order valence-electron chi connectivity index (χ2n) is 7.84. The summed E-state index contributed by atoms with van der Waals surface area (Å²) in [4.78, 5) is 45.6. The Balaban J connectivity index is 1.43. The molecule has 0 radical (unpaired) electrons. The molecule has 1 aromatic heterocycles. The second kappa shape index (κ2) is 8.23. The van der Waals surface area contributed by atoms with Crippen LogP contribution < -0.4 is 5.73 Å². The molecular weight excluding hydrogens is 384 g/mol. The van der Waals surface area contributed by atoms with Crippen LogP contribution in [0.1, 0.15) is 17.5 Å². The van der Waals surface area contributed by atoms with E-state index in [2.05, 4.69) is 4.98 Å². The number of phenols is 1. The van der Waals surface area contributed by atoms with Crippen molar-refractivity contribution in [2.45, 2.75) is 37.4 Å². The normalized spacial score (nSPS) is 21.6. The Morgan fingerprint density at radius 1 is 1.20 bits per heavy atom. The van der Waals surface area contributed by atoms with Gasteiger partial charge in [-0.25, -0.2) is 0 Å². The third-order valence-electron chi connectivity index (χ3n) is 5.79. The number of carbonyl (C=O) groups excluding carboxylic acids is 3. The quantitative estimate of drug-likeness (QED) is 0.734. The fourth-order valence-electron chi connectivity index (χ4n) is 4.41. The van der Waals surface area contributed by atoms with E-state index in [0.29, 0.717) is 13.0 Å². The van der Waals surface area contributed by atoms with Crippen LogP contribution in [-0.4, -0.2) is 68.7 Å². The van der Waals surface area contributed by atoms with E-state index in [0.717, 1.165) is 11.1 Å². The van der Waals surface area contributed by atoms with Crippen LogP contribution in [0, 0.1) is 0 Å². The highest BCUT2D eigenvalue weighted by molar-refractivity contribution is 5.98. The number of amides is 2. The number of nitrogens with two attached hydrogens (primary N) is 1. The lowest BCUT2D eigenvalue weighted by Gasteiger charge is -2.26. The summed E-state index contributed by atoms with van der Waals surface area (Å²) < 4.78 is 0. The van der Waals surface area contributed by atoms with Crippen LogP contribution in [0.15, 0.2) is 48.8 Å².